The van der Waals surface area contributed by atoms with E-state index in [1.54, 1.807) is 35.6 Å². The molecule has 0 spiro atoms. The summed E-state index contributed by atoms with van der Waals surface area (Å²) in [5.41, 5.74) is 0.685. The second-order valence-corrected chi connectivity index (χ2v) is 7.64. The number of amides is 1. The fourth-order valence-electron chi connectivity index (χ4n) is 2.41. The van der Waals surface area contributed by atoms with E-state index >= 15 is 0 Å². The number of nitrogens with one attached hydrogen (secondary N) is 1. The number of nitrogens with zero attached hydrogens (tertiary/aromatic N) is 3. The van der Waals surface area contributed by atoms with Crippen molar-refractivity contribution in [3.05, 3.63) is 47.7 Å². The SMILES string of the molecule is CCN(Cc1cccc(F)c1)C(=O)CCNS(=O)(=O)c1cn(C)c(C)n1. The molecule has 0 saturated heterocycles. The van der Waals surface area contributed by atoms with Crippen molar-refractivity contribution in [3.63, 3.8) is 0 Å². The molecule has 0 fully saturated rings. The molecule has 7 nitrogen and oxygen atoms in total. The third-order valence-electron chi connectivity index (χ3n) is 3.99. The van der Waals surface area contributed by atoms with Crippen molar-refractivity contribution >= 4 is 15.9 Å². The molecule has 0 atom stereocenters. The van der Waals surface area contributed by atoms with E-state index in [0.29, 0.717) is 17.9 Å². The molecule has 0 bridgehead atoms. The summed E-state index contributed by atoms with van der Waals surface area (Å²) >= 11 is 0. The number of carbonyl (C=O) groups excluding carboxylic acids is 1. The van der Waals surface area contributed by atoms with Crippen LogP contribution >= 0.6 is 0 Å². The van der Waals surface area contributed by atoms with Gasteiger partial charge in [-0.15, -0.1) is 0 Å². The molecule has 9 heteroatoms. The van der Waals surface area contributed by atoms with Gasteiger partial charge in [0, 0.05) is 39.3 Å². The normalized spacial score (nSPS) is 11.5. The van der Waals surface area contributed by atoms with Crippen LogP contribution in [0.25, 0.3) is 0 Å². The summed E-state index contributed by atoms with van der Waals surface area (Å²) in [6, 6.07) is 6.05. The minimum Gasteiger partial charge on any atom is -0.339 e. The van der Waals surface area contributed by atoms with Gasteiger partial charge < -0.3 is 9.47 Å². The monoisotopic (exact) mass is 382 g/mol. The molecule has 0 aliphatic heterocycles. The van der Waals surface area contributed by atoms with Gasteiger partial charge >= 0.3 is 0 Å². The number of imidazole rings is 1. The van der Waals surface area contributed by atoms with Gasteiger partial charge in [0.1, 0.15) is 11.6 Å². The number of benzene rings is 1. The van der Waals surface area contributed by atoms with E-state index in [9.17, 15) is 17.6 Å². The summed E-state index contributed by atoms with van der Waals surface area (Å²) in [5, 5.41) is -0.0722. The number of aryl methyl sites for hydroxylation is 2. The van der Waals surface area contributed by atoms with E-state index in [1.807, 2.05) is 6.92 Å². The molecule has 1 aromatic heterocycles. The van der Waals surface area contributed by atoms with E-state index in [2.05, 4.69) is 9.71 Å². The van der Waals surface area contributed by atoms with Gasteiger partial charge in [-0.1, -0.05) is 12.1 Å². The highest BCUT2D eigenvalue weighted by molar-refractivity contribution is 7.89. The average Bonchev–Trinajstić information content (AvgIpc) is 2.92. The van der Waals surface area contributed by atoms with E-state index in [4.69, 9.17) is 0 Å². The van der Waals surface area contributed by atoms with Crippen molar-refractivity contribution in [1.82, 2.24) is 19.2 Å². The number of hydrogen-bond donors (Lipinski definition) is 1. The van der Waals surface area contributed by atoms with Crippen LogP contribution in [0.1, 0.15) is 24.7 Å². The van der Waals surface area contributed by atoms with Gasteiger partial charge in [-0.25, -0.2) is 22.5 Å². The summed E-state index contributed by atoms with van der Waals surface area (Å²) < 4.78 is 41.6. The van der Waals surface area contributed by atoms with Gasteiger partial charge in [-0.05, 0) is 31.5 Å². The Balaban J connectivity index is 1.92. The molecule has 1 N–H and O–H groups in total. The van der Waals surface area contributed by atoms with Crippen LogP contribution in [0.3, 0.4) is 0 Å². The van der Waals surface area contributed by atoms with Crippen molar-refractivity contribution in [2.45, 2.75) is 31.8 Å². The van der Waals surface area contributed by atoms with Crippen LogP contribution in [-0.4, -0.2) is 41.9 Å². The number of rotatable bonds is 8. The van der Waals surface area contributed by atoms with Gasteiger partial charge in [0.05, 0.1) is 0 Å². The minimum atomic E-state index is -3.76. The Kier molecular flexibility index (Phi) is 6.49. The van der Waals surface area contributed by atoms with Crippen LogP contribution in [0.15, 0.2) is 35.5 Å². The predicted molar refractivity (Wildman–Crippen MR) is 95.2 cm³/mol. The summed E-state index contributed by atoms with van der Waals surface area (Å²) in [4.78, 5) is 17.8. The lowest BCUT2D eigenvalue weighted by atomic mass is 10.2. The zero-order valence-corrected chi connectivity index (χ0v) is 15.9. The fraction of sp³-hybridized carbons (Fsp3) is 0.412. The van der Waals surface area contributed by atoms with Crippen molar-refractivity contribution < 1.29 is 17.6 Å². The highest BCUT2D eigenvalue weighted by Gasteiger charge is 2.19. The first kappa shape index (κ1) is 20.1. The van der Waals surface area contributed by atoms with Crippen molar-refractivity contribution in [3.8, 4) is 0 Å². The number of sulfonamides is 1. The highest BCUT2D eigenvalue weighted by atomic mass is 32.2. The zero-order valence-electron chi connectivity index (χ0n) is 15.1. The third-order valence-corrected chi connectivity index (χ3v) is 5.32. The standard InChI is InChI=1S/C17H23FN4O3S/c1-4-22(11-14-6-5-7-15(18)10-14)17(23)8-9-19-26(24,25)16-12-21(3)13(2)20-16/h5-7,10,12,19H,4,8-9,11H2,1-3H3. The smallest absolute Gasteiger partial charge is 0.259 e. The highest BCUT2D eigenvalue weighted by Crippen LogP contribution is 2.10. The van der Waals surface area contributed by atoms with Crippen LogP contribution in [0.4, 0.5) is 4.39 Å². The van der Waals surface area contributed by atoms with Crippen LogP contribution < -0.4 is 4.72 Å². The maximum Gasteiger partial charge on any atom is 0.259 e. The molecule has 1 aromatic carbocycles. The van der Waals surface area contributed by atoms with Crippen LogP contribution in [0.5, 0.6) is 0 Å². The summed E-state index contributed by atoms with van der Waals surface area (Å²) in [6.07, 6.45) is 1.43. The van der Waals surface area contributed by atoms with Gasteiger partial charge in [0.2, 0.25) is 5.91 Å². The molecule has 0 aliphatic carbocycles. The molecule has 2 rings (SSSR count). The molecule has 1 heterocycles. The number of carbonyl (C=O) groups is 1. The van der Waals surface area contributed by atoms with Gasteiger partial charge in [-0.3, -0.25) is 4.79 Å². The van der Waals surface area contributed by atoms with Gasteiger partial charge in [0.25, 0.3) is 10.0 Å². The number of hydrogen-bond acceptors (Lipinski definition) is 4. The Bertz CT molecular complexity index is 860. The Hall–Kier alpha value is -2.26. The summed E-state index contributed by atoms with van der Waals surface area (Å²) in [5.74, 6) is 0.00906. The molecule has 26 heavy (non-hydrogen) atoms. The topological polar surface area (TPSA) is 84.3 Å². The molecule has 0 radical (unpaired) electrons. The van der Waals surface area contributed by atoms with E-state index in [0.717, 1.165) is 0 Å². The second kappa shape index (κ2) is 8.41. The summed E-state index contributed by atoms with van der Waals surface area (Å²) in [6.45, 7) is 4.21. The van der Waals surface area contributed by atoms with Crippen molar-refractivity contribution in [2.75, 3.05) is 13.1 Å². The second-order valence-electron chi connectivity index (χ2n) is 5.92. The van der Waals surface area contributed by atoms with Gasteiger partial charge in [-0.2, -0.15) is 0 Å². The predicted octanol–water partition coefficient (Wildman–Crippen LogP) is 1.58. The largest absolute Gasteiger partial charge is 0.339 e. The molecule has 0 saturated carbocycles. The lowest BCUT2D eigenvalue weighted by molar-refractivity contribution is -0.131. The van der Waals surface area contributed by atoms with Crippen LogP contribution in [0, 0.1) is 12.7 Å². The Morgan fingerprint density at radius 3 is 2.69 bits per heavy atom. The molecule has 1 amide bonds. The number of aromatic nitrogens is 2. The molecule has 0 unspecified atom stereocenters. The van der Waals surface area contributed by atoms with Crippen molar-refractivity contribution in [2.24, 2.45) is 7.05 Å². The van der Waals surface area contributed by atoms with E-state index < -0.39 is 10.0 Å². The third kappa shape index (κ3) is 5.12. The molecular weight excluding hydrogens is 359 g/mol. The Labute approximate surface area is 152 Å². The minimum absolute atomic E-state index is 0.00814. The molecule has 2 aromatic rings. The maximum absolute atomic E-state index is 13.3. The lowest BCUT2D eigenvalue weighted by Crippen LogP contribution is -2.34. The Morgan fingerprint density at radius 2 is 2.12 bits per heavy atom. The first-order valence-corrected chi connectivity index (χ1v) is 9.73. The van der Waals surface area contributed by atoms with Gasteiger partial charge in [0.15, 0.2) is 5.03 Å². The zero-order chi connectivity index (χ0) is 19.3. The maximum atomic E-state index is 13.3. The molecule has 0 aliphatic rings. The first-order valence-electron chi connectivity index (χ1n) is 8.24. The lowest BCUT2D eigenvalue weighted by Gasteiger charge is -2.21. The first-order chi connectivity index (χ1) is 12.2. The summed E-state index contributed by atoms with van der Waals surface area (Å²) in [7, 11) is -2.05. The molecule has 142 valence electrons. The van der Waals surface area contributed by atoms with Crippen LogP contribution in [0.2, 0.25) is 0 Å². The van der Waals surface area contributed by atoms with Crippen molar-refractivity contribution in [1.29, 1.82) is 0 Å². The van der Waals surface area contributed by atoms with E-state index in [-0.39, 0.29) is 36.3 Å². The molecular formula is C17H23FN4O3S. The quantitative estimate of drug-likeness (QED) is 0.751. The average molecular weight is 382 g/mol. The Morgan fingerprint density at radius 1 is 1.38 bits per heavy atom. The number of halogens is 1. The van der Waals surface area contributed by atoms with Crippen LogP contribution in [-0.2, 0) is 28.4 Å². The fourth-order valence-corrected chi connectivity index (χ4v) is 3.48. The van der Waals surface area contributed by atoms with E-state index in [1.165, 1.54) is 18.3 Å².